The van der Waals surface area contributed by atoms with Crippen LogP contribution in [0, 0.1) is 18.7 Å². The van der Waals surface area contributed by atoms with E-state index in [0.717, 1.165) is 6.07 Å². The number of nitrogens with one attached hydrogen (secondary N) is 2. The summed E-state index contributed by atoms with van der Waals surface area (Å²) in [4.78, 5) is 24.7. The second-order valence-corrected chi connectivity index (χ2v) is 10.5. The Balaban J connectivity index is 1.54. The maximum absolute atomic E-state index is 13.4. The fraction of sp³-hybridized carbons (Fsp3) is 0.364. The standard InChI is InChI=1S/C22H23ClFN3O5S/c1-12-8-18-19(32-13(2)21(28)26-18)10-20(12)33(30,31)27-7-3-4-14(11-27)22(29)25-17-6-5-15(24)9-16(17)23/h5-6,8-10,13-14H,3-4,7,11H2,1-2H3,(H,25,29)(H,26,28)/t13-,14-/m1/s1. The minimum atomic E-state index is -3.93. The molecule has 0 aromatic heterocycles. The Morgan fingerprint density at radius 3 is 2.79 bits per heavy atom. The zero-order valence-corrected chi connectivity index (χ0v) is 19.6. The molecule has 11 heteroatoms. The Labute approximate surface area is 196 Å². The topological polar surface area (TPSA) is 105 Å². The first-order valence-corrected chi connectivity index (χ1v) is 12.3. The van der Waals surface area contributed by atoms with Crippen LogP contribution in [-0.2, 0) is 19.6 Å². The van der Waals surface area contributed by atoms with E-state index in [1.54, 1.807) is 19.9 Å². The molecular formula is C22H23ClFN3O5S. The van der Waals surface area contributed by atoms with Crippen molar-refractivity contribution < 1.29 is 27.1 Å². The van der Waals surface area contributed by atoms with Gasteiger partial charge >= 0.3 is 0 Å². The van der Waals surface area contributed by atoms with Crippen LogP contribution in [0.1, 0.15) is 25.3 Å². The van der Waals surface area contributed by atoms with Gasteiger partial charge in [-0.1, -0.05) is 11.6 Å². The lowest BCUT2D eigenvalue weighted by Gasteiger charge is -2.32. The molecule has 4 rings (SSSR count). The summed E-state index contributed by atoms with van der Waals surface area (Å²) in [6.07, 6.45) is 0.270. The fourth-order valence-electron chi connectivity index (χ4n) is 3.96. The van der Waals surface area contributed by atoms with Crippen LogP contribution in [0.5, 0.6) is 5.75 Å². The van der Waals surface area contributed by atoms with Gasteiger partial charge in [-0.05, 0) is 56.5 Å². The highest BCUT2D eigenvalue weighted by atomic mass is 35.5. The smallest absolute Gasteiger partial charge is 0.265 e. The van der Waals surface area contributed by atoms with Crippen LogP contribution >= 0.6 is 11.6 Å². The zero-order chi connectivity index (χ0) is 23.9. The average molecular weight is 496 g/mol. The number of rotatable bonds is 4. The van der Waals surface area contributed by atoms with Crippen LogP contribution in [0.4, 0.5) is 15.8 Å². The van der Waals surface area contributed by atoms with Gasteiger partial charge in [-0.25, -0.2) is 12.8 Å². The molecule has 8 nitrogen and oxygen atoms in total. The number of ether oxygens (including phenoxy) is 1. The van der Waals surface area contributed by atoms with Crippen LogP contribution < -0.4 is 15.4 Å². The largest absolute Gasteiger partial charge is 0.479 e. The van der Waals surface area contributed by atoms with Crippen LogP contribution in [0.25, 0.3) is 0 Å². The summed E-state index contributed by atoms with van der Waals surface area (Å²) in [7, 11) is -3.93. The van der Waals surface area contributed by atoms with Crippen molar-refractivity contribution in [3.63, 3.8) is 0 Å². The lowest BCUT2D eigenvalue weighted by atomic mass is 9.98. The molecule has 2 aromatic carbocycles. The van der Waals surface area contributed by atoms with E-state index in [9.17, 15) is 22.4 Å². The van der Waals surface area contributed by atoms with Crippen LogP contribution in [0.15, 0.2) is 35.2 Å². The SMILES string of the molecule is Cc1cc2c(cc1S(=O)(=O)N1CCC[C@@H](C(=O)Nc3ccc(F)cc3Cl)C1)O[C@H](C)C(=O)N2. The molecule has 0 unspecified atom stereocenters. The van der Waals surface area contributed by atoms with Crippen LogP contribution in [0.3, 0.4) is 0 Å². The van der Waals surface area contributed by atoms with Crippen molar-refractivity contribution in [2.45, 2.75) is 37.7 Å². The van der Waals surface area contributed by atoms with Crippen molar-refractivity contribution in [3.8, 4) is 5.75 Å². The van der Waals surface area contributed by atoms with Gasteiger partial charge in [0.1, 0.15) is 11.6 Å². The quantitative estimate of drug-likeness (QED) is 0.675. The first-order valence-electron chi connectivity index (χ1n) is 10.4. The molecule has 2 heterocycles. The van der Waals surface area contributed by atoms with Crippen molar-refractivity contribution >= 4 is 44.8 Å². The Kier molecular flexibility index (Phi) is 6.35. The van der Waals surface area contributed by atoms with Gasteiger partial charge in [0, 0.05) is 19.2 Å². The molecule has 33 heavy (non-hydrogen) atoms. The van der Waals surface area contributed by atoms with Crippen LogP contribution in [-0.4, -0.2) is 43.7 Å². The van der Waals surface area contributed by atoms with Crippen molar-refractivity contribution in [3.05, 3.63) is 46.7 Å². The van der Waals surface area contributed by atoms with E-state index >= 15 is 0 Å². The maximum Gasteiger partial charge on any atom is 0.265 e. The second kappa shape index (κ2) is 8.92. The number of fused-ring (bicyclic) bond motifs is 1. The number of carbonyl (C=O) groups is 2. The van der Waals surface area contributed by atoms with Gasteiger partial charge < -0.3 is 15.4 Å². The third-order valence-corrected chi connectivity index (χ3v) is 8.09. The Morgan fingerprint density at radius 2 is 2.06 bits per heavy atom. The molecule has 176 valence electrons. The predicted octanol–water partition coefficient (Wildman–Crippen LogP) is 3.55. The molecule has 2 aliphatic heterocycles. The van der Waals surface area contributed by atoms with E-state index in [4.69, 9.17) is 16.3 Å². The molecule has 0 spiro atoms. The Hall–Kier alpha value is -2.69. The van der Waals surface area contributed by atoms with E-state index in [-0.39, 0.29) is 46.3 Å². The van der Waals surface area contributed by atoms with E-state index in [1.165, 1.54) is 22.5 Å². The van der Waals surface area contributed by atoms with Gasteiger partial charge in [-0.2, -0.15) is 4.31 Å². The van der Waals surface area contributed by atoms with Gasteiger partial charge in [-0.3, -0.25) is 9.59 Å². The molecule has 2 amide bonds. The number of piperidine rings is 1. The van der Waals surface area contributed by atoms with Gasteiger partial charge in [0.25, 0.3) is 5.91 Å². The lowest BCUT2D eigenvalue weighted by Crippen LogP contribution is -2.44. The second-order valence-electron chi connectivity index (χ2n) is 8.18. The van der Waals surface area contributed by atoms with E-state index < -0.39 is 27.9 Å². The summed E-state index contributed by atoms with van der Waals surface area (Å²) in [5, 5.41) is 5.43. The van der Waals surface area contributed by atoms with Crippen molar-refractivity contribution in [1.82, 2.24) is 4.31 Å². The van der Waals surface area contributed by atoms with Gasteiger partial charge in [0.15, 0.2) is 6.10 Å². The predicted molar refractivity (Wildman–Crippen MR) is 121 cm³/mol. The summed E-state index contributed by atoms with van der Waals surface area (Å²) < 4.78 is 47.0. The highest BCUT2D eigenvalue weighted by Crippen LogP contribution is 2.36. The summed E-state index contributed by atoms with van der Waals surface area (Å²) in [6, 6.07) is 6.63. The van der Waals surface area contributed by atoms with Crippen molar-refractivity contribution in [1.29, 1.82) is 0 Å². The molecule has 0 aliphatic carbocycles. The molecule has 0 radical (unpaired) electrons. The third-order valence-electron chi connectivity index (χ3n) is 5.77. The summed E-state index contributed by atoms with van der Waals surface area (Å²) in [5.41, 5.74) is 1.14. The minimum Gasteiger partial charge on any atom is -0.479 e. The summed E-state index contributed by atoms with van der Waals surface area (Å²) >= 11 is 5.99. The molecule has 2 N–H and O–H groups in total. The number of aryl methyl sites for hydroxylation is 1. The molecule has 0 saturated carbocycles. The highest BCUT2D eigenvalue weighted by molar-refractivity contribution is 7.89. The van der Waals surface area contributed by atoms with Gasteiger partial charge in [-0.15, -0.1) is 0 Å². The summed E-state index contributed by atoms with van der Waals surface area (Å²) in [6.45, 7) is 3.49. The molecule has 2 aromatic rings. The zero-order valence-electron chi connectivity index (χ0n) is 18.0. The molecule has 1 fully saturated rings. The number of anilines is 2. The van der Waals surface area contributed by atoms with Gasteiger partial charge in [0.2, 0.25) is 15.9 Å². The normalized spacial score (nSPS) is 21.0. The molecule has 2 atom stereocenters. The molecular weight excluding hydrogens is 473 g/mol. The Morgan fingerprint density at radius 1 is 1.30 bits per heavy atom. The number of sulfonamides is 1. The van der Waals surface area contributed by atoms with Gasteiger partial charge in [0.05, 0.1) is 27.2 Å². The number of halogens is 2. The first kappa shape index (κ1) is 23.5. The van der Waals surface area contributed by atoms with Crippen molar-refractivity contribution in [2.24, 2.45) is 5.92 Å². The van der Waals surface area contributed by atoms with E-state index in [2.05, 4.69) is 10.6 Å². The summed E-state index contributed by atoms with van der Waals surface area (Å²) in [5.74, 6) is -1.52. The molecule has 0 bridgehead atoms. The minimum absolute atomic E-state index is 0.00248. The van der Waals surface area contributed by atoms with Crippen molar-refractivity contribution in [2.75, 3.05) is 23.7 Å². The monoisotopic (exact) mass is 495 g/mol. The fourth-order valence-corrected chi connectivity index (χ4v) is 5.92. The molecule has 2 aliphatic rings. The molecule has 1 saturated heterocycles. The Bertz CT molecular complexity index is 1240. The lowest BCUT2D eigenvalue weighted by molar-refractivity contribution is -0.123. The number of hydrogen-bond acceptors (Lipinski definition) is 5. The first-order chi connectivity index (χ1) is 15.6. The van der Waals surface area contributed by atoms with E-state index in [1.807, 2.05) is 0 Å². The number of carbonyl (C=O) groups excluding carboxylic acids is 2. The number of nitrogens with zero attached hydrogens (tertiary/aromatic N) is 1. The number of benzene rings is 2. The number of hydrogen-bond donors (Lipinski definition) is 2. The number of amides is 2. The maximum atomic E-state index is 13.4. The van der Waals surface area contributed by atoms with E-state index in [0.29, 0.717) is 24.1 Å². The van der Waals surface area contributed by atoms with Crippen LogP contribution in [0.2, 0.25) is 5.02 Å². The average Bonchev–Trinajstić information content (AvgIpc) is 2.76. The highest BCUT2D eigenvalue weighted by Gasteiger charge is 2.35. The third kappa shape index (κ3) is 4.68.